The van der Waals surface area contributed by atoms with Gasteiger partial charge in [0.1, 0.15) is 0 Å². The van der Waals surface area contributed by atoms with Crippen molar-refractivity contribution in [2.45, 2.75) is 12.8 Å². The van der Waals surface area contributed by atoms with Crippen LogP contribution in [0.25, 0.3) is 0 Å². The molecule has 0 saturated carbocycles. The number of hydrogen-bond donors (Lipinski definition) is 2. The quantitative estimate of drug-likeness (QED) is 0.659. The molecule has 2 amide bonds. The second-order valence-corrected chi connectivity index (χ2v) is 5.16. The number of hydrogen-bond acceptors (Lipinski definition) is 4. The van der Waals surface area contributed by atoms with Gasteiger partial charge in [-0.2, -0.15) is 0 Å². The third-order valence-electron chi connectivity index (χ3n) is 3.77. The zero-order valence-corrected chi connectivity index (χ0v) is 10.8. The van der Waals surface area contributed by atoms with E-state index in [-0.39, 0.29) is 50.8 Å². The van der Waals surface area contributed by atoms with Crippen LogP contribution in [0.2, 0.25) is 0 Å². The molecule has 0 bridgehead atoms. The van der Waals surface area contributed by atoms with E-state index < -0.39 is 23.8 Å². The van der Waals surface area contributed by atoms with Crippen molar-refractivity contribution >= 4 is 23.8 Å². The molecule has 0 spiro atoms. The van der Waals surface area contributed by atoms with Gasteiger partial charge < -0.3 is 20.0 Å². The molecule has 2 saturated heterocycles. The predicted molar refractivity (Wildman–Crippen MR) is 64.6 cm³/mol. The first-order valence-corrected chi connectivity index (χ1v) is 6.39. The summed E-state index contributed by atoms with van der Waals surface area (Å²) in [6.07, 6.45) is -0.0257. The molecule has 0 radical (unpaired) electrons. The van der Waals surface area contributed by atoms with Crippen LogP contribution in [0.1, 0.15) is 12.8 Å². The molecule has 2 rings (SSSR count). The van der Waals surface area contributed by atoms with Gasteiger partial charge >= 0.3 is 11.9 Å². The fourth-order valence-electron chi connectivity index (χ4n) is 2.55. The standard InChI is InChI=1S/C12H16N2O6/c15-9-3-7(11(17)18)5-13(9)1-2-14-6-8(12(19)20)4-10(14)16/h7-8H,1-6H2,(H,17,18)(H,19,20)/t7-,8+. The van der Waals surface area contributed by atoms with Gasteiger partial charge in [0, 0.05) is 39.0 Å². The summed E-state index contributed by atoms with van der Waals surface area (Å²) >= 11 is 0. The van der Waals surface area contributed by atoms with E-state index in [1.807, 2.05) is 0 Å². The minimum absolute atomic E-state index is 0.0129. The summed E-state index contributed by atoms with van der Waals surface area (Å²) in [5.41, 5.74) is 0. The molecule has 0 aliphatic carbocycles. The third kappa shape index (κ3) is 2.89. The molecule has 2 heterocycles. The van der Waals surface area contributed by atoms with Gasteiger partial charge in [-0.25, -0.2) is 0 Å². The van der Waals surface area contributed by atoms with Gasteiger partial charge in [-0.05, 0) is 0 Å². The van der Waals surface area contributed by atoms with Crippen molar-refractivity contribution in [3.05, 3.63) is 0 Å². The predicted octanol–water partition coefficient (Wildman–Crippen LogP) is -1.15. The second-order valence-electron chi connectivity index (χ2n) is 5.16. The van der Waals surface area contributed by atoms with E-state index in [0.29, 0.717) is 0 Å². The van der Waals surface area contributed by atoms with Crippen LogP contribution in [0.3, 0.4) is 0 Å². The number of carbonyl (C=O) groups excluding carboxylic acids is 2. The van der Waals surface area contributed by atoms with Crippen molar-refractivity contribution < 1.29 is 29.4 Å². The average Bonchev–Trinajstić information content (AvgIpc) is 2.91. The number of likely N-dealkylation sites (tertiary alicyclic amines) is 2. The number of nitrogens with zero attached hydrogens (tertiary/aromatic N) is 2. The fourth-order valence-corrected chi connectivity index (χ4v) is 2.55. The smallest absolute Gasteiger partial charge is 0.308 e. The van der Waals surface area contributed by atoms with E-state index >= 15 is 0 Å². The van der Waals surface area contributed by atoms with E-state index in [9.17, 15) is 19.2 Å². The molecule has 0 unspecified atom stereocenters. The Morgan fingerprint density at radius 1 is 0.900 bits per heavy atom. The van der Waals surface area contributed by atoms with Crippen LogP contribution in [0, 0.1) is 11.8 Å². The number of rotatable bonds is 5. The van der Waals surface area contributed by atoms with Crippen LogP contribution in [0.15, 0.2) is 0 Å². The van der Waals surface area contributed by atoms with Crippen LogP contribution >= 0.6 is 0 Å². The van der Waals surface area contributed by atoms with Crippen molar-refractivity contribution in [1.82, 2.24) is 9.80 Å². The van der Waals surface area contributed by atoms with Gasteiger partial charge in [0.25, 0.3) is 0 Å². The first-order valence-electron chi connectivity index (χ1n) is 6.39. The topological polar surface area (TPSA) is 115 Å². The first-order chi connectivity index (χ1) is 9.38. The Balaban J connectivity index is 1.84. The van der Waals surface area contributed by atoms with Gasteiger partial charge in [-0.3, -0.25) is 19.2 Å². The third-order valence-corrected chi connectivity index (χ3v) is 3.77. The molecule has 2 aliphatic heterocycles. The Kier molecular flexibility index (Phi) is 3.91. The van der Waals surface area contributed by atoms with Gasteiger partial charge in [0.05, 0.1) is 11.8 Å². The van der Waals surface area contributed by atoms with E-state index in [1.165, 1.54) is 9.80 Å². The minimum Gasteiger partial charge on any atom is -0.481 e. The van der Waals surface area contributed by atoms with Crippen LogP contribution in [0.4, 0.5) is 0 Å². The molecular weight excluding hydrogens is 268 g/mol. The summed E-state index contributed by atoms with van der Waals surface area (Å²) < 4.78 is 0. The molecule has 8 heteroatoms. The minimum atomic E-state index is -0.996. The van der Waals surface area contributed by atoms with Gasteiger partial charge in [-0.15, -0.1) is 0 Å². The first kappa shape index (κ1) is 14.3. The molecule has 2 N–H and O–H groups in total. The second kappa shape index (κ2) is 5.48. The lowest BCUT2D eigenvalue weighted by molar-refractivity contribution is -0.142. The molecule has 2 aliphatic rings. The van der Waals surface area contributed by atoms with E-state index in [4.69, 9.17) is 10.2 Å². The van der Waals surface area contributed by atoms with Crippen molar-refractivity contribution in [2.75, 3.05) is 26.2 Å². The van der Waals surface area contributed by atoms with Crippen LogP contribution in [-0.4, -0.2) is 69.9 Å². The Morgan fingerprint density at radius 2 is 1.25 bits per heavy atom. The Bertz CT molecular complexity index is 421. The number of carboxylic acids is 2. The lowest BCUT2D eigenvalue weighted by Crippen LogP contribution is -2.37. The maximum Gasteiger partial charge on any atom is 0.308 e. The average molecular weight is 284 g/mol. The number of carbonyl (C=O) groups is 4. The van der Waals surface area contributed by atoms with Crippen molar-refractivity contribution in [3.8, 4) is 0 Å². The van der Waals surface area contributed by atoms with E-state index in [0.717, 1.165) is 0 Å². The van der Waals surface area contributed by atoms with E-state index in [1.54, 1.807) is 0 Å². The highest BCUT2D eigenvalue weighted by Gasteiger charge is 2.37. The molecule has 0 aromatic rings. The summed E-state index contributed by atoms with van der Waals surface area (Å²) in [4.78, 5) is 47.7. The molecule has 2 fully saturated rings. The number of aliphatic carboxylic acids is 2. The summed E-state index contributed by atoms with van der Waals surface area (Å²) in [5, 5.41) is 17.7. The van der Waals surface area contributed by atoms with Crippen molar-refractivity contribution in [3.63, 3.8) is 0 Å². The zero-order valence-electron chi connectivity index (χ0n) is 10.8. The van der Waals surface area contributed by atoms with Gasteiger partial charge in [-0.1, -0.05) is 0 Å². The lowest BCUT2D eigenvalue weighted by atomic mass is 10.1. The molecule has 0 aromatic carbocycles. The van der Waals surface area contributed by atoms with Crippen LogP contribution < -0.4 is 0 Å². The maximum absolute atomic E-state index is 11.6. The molecular formula is C12H16N2O6. The van der Waals surface area contributed by atoms with Crippen molar-refractivity contribution in [2.24, 2.45) is 11.8 Å². The maximum atomic E-state index is 11.6. The van der Waals surface area contributed by atoms with Crippen LogP contribution in [-0.2, 0) is 19.2 Å². The molecule has 20 heavy (non-hydrogen) atoms. The van der Waals surface area contributed by atoms with Crippen LogP contribution in [0.5, 0.6) is 0 Å². The SMILES string of the molecule is O=C(O)[C@@H]1CC(=O)N(CCN2C[C@@H](C(=O)O)CC2=O)C1. The number of amides is 2. The normalized spacial score (nSPS) is 26.4. The summed E-state index contributed by atoms with van der Waals surface area (Å²) in [6, 6.07) is 0. The Labute approximate surface area is 114 Å². The highest BCUT2D eigenvalue weighted by molar-refractivity contribution is 5.87. The largest absolute Gasteiger partial charge is 0.481 e. The zero-order chi connectivity index (χ0) is 14.9. The van der Waals surface area contributed by atoms with E-state index in [2.05, 4.69) is 0 Å². The van der Waals surface area contributed by atoms with Gasteiger partial charge in [0.2, 0.25) is 11.8 Å². The molecule has 2 atom stereocenters. The van der Waals surface area contributed by atoms with Gasteiger partial charge in [0.15, 0.2) is 0 Å². The highest BCUT2D eigenvalue weighted by Crippen LogP contribution is 2.20. The summed E-state index contributed by atoms with van der Waals surface area (Å²) in [5.74, 6) is -3.85. The van der Waals surface area contributed by atoms with Crippen molar-refractivity contribution in [1.29, 1.82) is 0 Å². The Morgan fingerprint density at radius 3 is 1.50 bits per heavy atom. The highest BCUT2D eigenvalue weighted by atomic mass is 16.4. The lowest BCUT2D eigenvalue weighted by Gasteiger charge is -2.21. The summed E-state index contributed by atoms with van der Waals surface area (Å²) in [7, 11) is 0. The Hall–Kier alpha value is -2.12. The fraction of sp³-hybridized carbons (Fsp3) is 0.667. The molecule has 110 valence electrons. The molecule has 0 aromatic heterocycles. The number of carboxylic acid groups (broad SMARTS) is 2. The monoisotopic (exact) mass is 284 g/mol. The molecule has 8 nitrogen and oxygen atoms in total. The summed E-state index contributed by atoms with van der Waals surface area (Å²) in [6.45, 7) is 0.804.